The molecule has 0 saturated carbocycles. The van der Waals surface area contributed by atoms with Crippen LogP contribution in [-0.4, -0.2) is 29.6 Å². The summed E-state index contributed by atoms with van der Waals surface area (Å²) in [5.41, 5.74) is 0.280. The topological polar surface area (TPSA) is 15.3 Å². The fourth-order valence-corrected chi connectivity index (χ4v) is 4.13. The summed E-state index contributed by atoms with van der Waals surface area (Å²) < 4.78 is 0.891. The molecule has 1 aliphatic heterocycles. The Morgan fingerprint density at radius 3 is 2.68 bits per heavy atom. The summed E-state index contributed by atoms with van der Waals surface area (Å²) in [7, 11) is 0. The van der Waals surface area contributed by atoms with Crippen LogP contribution in [0.25, 0.3) is 0 Å². The molecule has 0 spiro atoms. The highest BCUT2D eigenvalue weighted by molar-refractivity contribution is 7.16. The summed E-state index contributed by atoms with van der Waals surface area (Å²) in [5, 5.41) is 3.76. The summed E-state index contributed by atoms with van der Waals surface area (Å²) in [6.45, 7) is 11.4. The number of halogens is 1. The van der Waals surface area contributed by atoms with E-state index in [1.54, 1.807) is 11.3 Å². The van der Waals surface area contributed by atoms with Gasteiger partial charge in [0.15, 0.2) is 0 Å². The highest BCUT2D eigenvalue weighted by atomic mass is 35.5. The molecule has 19 heavy (non-hydrogen) atoms. The fourth-order valence-electron chi connectivity index (χ4n) is 3.00. The van der Waals surface area contributed by atoms with Crippen LogP contribution in [0.4, 0.5) is 0 Å². The predicted molar refractivity (Wildman–Crippen MR) is 85.2 cm³/mol. The minimum atomic E-state index is 0.280. The molecule has 0 radical (unpaired) electrons. The lowest BCUT2D eigenvalue weighted by atomic mass is 9.88. The Morgan fingerprint density at radius 1 is 1.47 bits per heavy atom. The maximum atomic E-state index is 6.08. The van der Waals surface area contributed by atoms with Crippen LogP contribution in [0.3, 0.4) is 0 Å². The molecule has 2 unspecified atom stereocenters. The van der Waals surface area contributed by atoms with E-state index >= 15 is 0 Å². The zero-order valence-electron chi connectivity index (χ0n) is 12.4. The monoisotopic (exact) mass is 300 g/mol. The first-order valence-corrected chi connectivity index (χ1v) is 8.47. The van der Waals surface area contributed by atoms with Crippen molar-refractivity contribution in [3.05, 3.63) is 21.3 Å². The lowest BCUT2D eigenvalue weighted by molar-refractivity contribution is 0.0508. The number of piperazine rings is 1. The summed E-state index contributed by atoms with van der Waals surface area (Å²) >= 11 is 7.79. The summed E-state index contributed by atoms with van der Waals surface area (Å²) in [4.78, 5) is 4.01. The van der Waals surface area contributed by atoms with E-state index in [4.69, 9.17) is 11.6 Å². The highest BCUT2D eigenvalue weighted by Gasteiger charge is 2.37. The minimum Gasteiger partial charge on any atom is -0.308 e. The largest absolute Gasteiger partial charge is 0.308 e. The van der Waals surface area contributed by atoms with Crippen LogP contribution in [0.5, 0.6) is 0 Å². The van der Waals surface area contributed by atoms with Crippen molar-refractivity contribution in [2.75, 3.05) is 13.1 Å². The first-order chi connectivity index (χ1) is 9.01. The van der Waals surface area contributed by atoms with Crippen LogP contribution in [0, 0.1) is 0 Å². The van der Waals surface area contributed by atoms with Crippen molar-refractivity contribution in [2.24, 2.45) is 0 Å². The number of rotatable bonds is 4. The summed E-state index contributed by atoms with van der Waals surface area (Å²) in [6, 6.07) is 5.21. The second-order valence-corrected chi connectivity index (χ2v) is 7.45. The highest BCUT2D eigenvalue weighted by Crippen LogP contribution is 2.34. The Balaban J connectivity index is 2.17. The normalized spacial score (nSPS) is 25.4. The van der Waals surface area contributed by atoms with E-state index < -0.39 is 0 Å². The van der Waals surface area contributed by atoms with Crippen molar-refractivity contribution < 1.29 is 0 Å². The minimum absolute atomic E-state index is 0.280. The van der Waals surface area contributed by atoms with Crippen molar-refractivity contribution in [3.8, 4) is 0 Å². The van der Waals surface area contributed by atoms with Crippen LogP contribution in [0.1, 0.15) is 51.5 Å². The van der Waals surface area contributed by atoms with Gasteiger partial charge in [0.25, 0.3) is 0 Å². The maximum Gasteiger partial charge on any atom is 0.0931 e. The van der Waals surface area contributed by atoms with E-state index in [1.807, 2.05) is 6.07 Å². The molecule has 0 bridgehead atoms. The molecule has 108 valence electrons. The number of nitrogens with zero attached hydrogens (tertiary/aromatic N) is 1. The fraction of sp³-hybridized carbons (Fsp3) is 0.733. The van der Waals surface area contributed by atoms with Gasteiger partial charge in [0.05, 0.1) is 4.34 Å². The molecule has 0 aliphatic carbocycles. The molecule has 4 heteroatoms. The van der Waals surface area contributed by atoms with E-state index in [0.717, 1.165) is 17.4 Å². The van der Waals surface area contributed by atoms with Gasteiger partial charge in [-0.15, -0.1) is 11.3 Å². The first-order valence-electron chi connectivity index (χ1n) is 7.27. The average molecular weight is 301 g/mol. The smallest absolute Gasteiger partial charge is 0.0931 e. The molecule has 2 rings (SSSR count). The number of hydrogen-bond donors (Lipinski definition) is 1. The van der Waals surface area contributed by atoms with Gasteiger partial charge in [-0.05, 0) is 38.8 Å². The second-order valence-electron chi connectivity index (χ2n) is 5.71. The van der Waals surface area contributed by atoms with Crippen LogP contribution in [-0.2, 0) is 0 Å². The molecule has 1 saturated heterocycles. The van der Waals surface area contributed by atoms with Gasteiger partial charge >= 0.3 is 0 Å². The Kier molecular flexibility index (Phi) is 4.93. The zero-order valence-corrected chi connectivity index (χ0v) is 13.9. The third kappa shape index (κ3) is 3.15. The van der Waals surface area contributed by atoms with Crippen molar-refractivity contribution in [3.63, 3.8) is 0 Å². The van der Waals surface area contributed by atoms with Crippen molar-refractivity contribution in [1.29, 1.82) is 0 Å². The molecule has 1 fully saturated rings. The SMILES string of the molecule is CCC1(CC)CN(C(C)c2ccc(Cl)s2)C(C)CN1. The van der Waals surface area contributed by atoms with Gasteiger partial charge < -0.3 is 5.32 Å². The van der Waals surface area contributed by atoms with Gasteiger partial charge in [0, 0.05) is 35.6 Å². The van der Waals surface area contributed by atoms with Crippen LogP contribution in [0.2, 0.25) is 4.34 Å². The third-order valence-corrected chi connectivity index (χ3v) is 6.08. The van der Waals surface area contributed by atoms with Gasteiger partial charge in [-0.3, -0.25) is 4.90 Å². The van der Waals surface area contributed by atoms with E-state index in [9.17, 15) is 0 Å². The van der Waals surface area contributed by atoms with Crippen LogP contribution in [0.15, 0.2) is 12.1 Å². The van der Waals surface area contributed by atoms with Crippen molar-refractivity contribution in [1.82, 2.24) is 10.2 Å². The Morgan fingerprint density at radius 2 is 2.16 bits per heavy atom. The van der Waals surface area contributed by atoms with E-state index in [0.29, 0.717) is 12.1 Å². The molecule has 2 nitrogen and oxygen atoms in total. The number of nitrogens with one attached hydrogen (secondary N) is 1. The van der Waals surface area contributed by atoms with E-state index in [2.05, 4.69) is 44.0 Å². The van der Waals surface area contributed by atoms with Crippen LogP contribution < -0.4 is 5.32 Å². The molecule has 1 aromatic heterocycles. The zero-order chi connectivity index (χ0) is 14.0. The lowest BCUT2D eigenvalue weighted by Crippen LogP contribution is -2.63. The van der Waals surface area contributed by atoms with E-state index in [1.165, 1.54) is 17.7 Å². The predicted octanol–water partition coefficient (Wildman–Crippen LogP) is 4.32. The molecular formula is C15H25ClN2S. The molecular weight excluding hydrogens is 276 g/mol. The first kappa shape index (κ1) is 15.3. The molecule has 0 amide bonds. The standard InChI is InChI=1S/C15H25ClN2S/c1-5-15(6-2)10-18(11(3)9-17-15)12(4)13-7-8-14(16)19-13/h7-8,11-12,17H,5-6,9-10H2,1-4H3. The van der Waals surface area contributed by atoms with E-state index in [-0.39, 0.29) is 5.54 Å². The second kappa shape index (κ2) is 6.13. The molecule has 0 aromatic carbocycles. The van der Waals surface area contributed by atoms with Gasteiger partial charge in [0.2, 0.25) is 0 Å². The average Bonchev–Trinajstić information content (AvgIpc) is 2.86. The summed E-state index contributed by atoms with van der Waals surface area (Å²) in [5.74, 6) is 0. The molecule has 2 atom stereocenters. The van der Waals surface area contributed by atoms with Crippen molar-refractivity contribution >= 4 is 22.9 Å². The van der Waals surface area contributed by atoms with Crippen LogP contribution >= 0.6 is 22.9 Å². The number of thiophene rings is 1. The molecule has 1 N–H and O–H groups in total. The number of hydrogen-bond acceptors (Lipinski definition) is 3. The molecule has 1 aromatic rings. The van der Waals surface area contributed by atoms with Gasteiger partial charge in [-0.1, -0.05) is 25.4 Å². The quantitative estimate of drug-likeness (QED) is 0.891. The maximum absolute atomic E-state index is 6.08. The lowest BCUT2D eigenvalue weighted by Gasteiger charge is -2.48. The summed E-state index contributed by atoms with van der Waals surface area (Å²) in [6.07, 6.45) is 2.37. The van der Waals surface area contributed by atoms with Gasteiger partial charge in [-0.2, -0.15) is 0 Å². The Bertz CT molecular complexity index is 414. The van der Waals surface area contributed by atoms with Crippen molar-refractivity contribution in [2.45, 2.75) is 58.2 Å². The van der Waals surface area contributed by atoms with Gasteiger partial charge in [-0.25, -0.2) is 0 Å². The Labute approximate surface area is 126 Å². The molecule has 1 aliphatic rings. The Hall–Kier alpha value is -0.0900. The third-order valence-electron chi connectivity index (χ3n) is 4.68. The molecule has 2 heterocycles. The van der Waals surface area contributed by atoms with Gasteiger partial charge in [0.1, 0.15) is 0 Å².